The van der Waals surface area contributed by atoms with Gasteiger partial charge in [0.15, 0.2) is 0 Å². The largest absolute Gasteiger partial charge is 0.356 e. The Balaban J connectivity index is 2.01. The highest BCUT2D eigenvalue weighted by Gasteiger charge is 2.24. The van der Waals surface area contributed by atoms with Crippen molar-refractivity contribution < 1.29 is 0 Å². The summed E-state index contributed by atoms with van der Waals surface area (Å²) in [5.74, 6) is 2.01. The van der Waals surface area contributed by atoms with Crippen LogP contribution in [0.4, 0.5) is 5.82 Å². The van der Waals surface area contributed by atoms with E-state index in [1.54, 1.807) is 16.8 Å². The number of aryl methyl sites for hydroxylation is 1. The van der Waals surface area contributed by atoms with E-state index in [2.05, 4.69) is 30.7 Å². The zero-order chi connectivity index (χ0) is 16.2. The van der Waals surface area contributed by atoms with Crippen molar-refractivity contribution in [2.45, 2.75) is 65.7 Å². The van der Waals surface area contributed by atoms with E-state index < -0.39 is 0 Å². The van der Waals surface area contributed by atoms with Gasteiger partial charge in [0.05, 0.1) is 5.39 Å². The van der Waals surface area contributed by atoms with Crippen LogP contribution >= 0.6 is 11.3 Å². The van der Waals surface area contributed by atoms with Gasteiger partial charge < -0.3 is 4.90 Å². The quantitative estimate of drug-likeness (QED) is 0.696. The van der Waals surface area contributed by atoms with E-state index in [1.165, 1.54) is 61.0 Å². The van der Waals surface area contributed by atoms with Crippen molar-refractivity contribution in [1.29, 1.82) is 0 Å². The lowest BCUT2D eigenvalue weighted by Crippen LogP contribution is -2.27. The predicted molar refractivity (Wildman–Crippen MR) is 101 cm³/mol. The smallest absolute Gasteiger partial charge is 0.141 e. The average Bonchev–Trinajstić information content (AvgIpc) is 2.92. The maximum Gasteiger partial charge on any atom is 0.141 e. The number of thiophene rings is 1. The summed E-state index contributed by atoms with van der Waals surface area (Å²) in [5, 5.41) is 1.37. The van der Waals surface area contributed by atoms with Crippen LogP contribution in [0.1, 0.15) is 63.3 Å². The Labute approximate surface area is 144 Å². The molecule has 126 valence electrons. The third kappa shape index (κ3) is 3.52. The molecule has 3 rings (SSSR count). The molecule has 0 N–H and O–H groups in total. The maximum absolute atomic E-state index is 4.73. The molecule has 2 heterocycles. The van der Waals surface area contributed by atoms with Crippen molar-refractivity contribution in [3.63, 3.8) is 0 Å². The lowest BCUT2D eigenvalue weighted by Gasteiger charge is -2.25. The third-order valence-electron chi connectivity index (χ3n) is 4.93. The van der Waals surface area contributed by atoms with Gasteiger partial charge in [-0.05, 0) is 43.6 Å². The lowest BCUT2D eigenvalue weighted by atomic mass is 9.89. The van der Waals surface area contributed by atoms with Crippen LogP contribution < -0.4 is 4.90 Å². The molecule has 2 aromatic rings. The third-order valence-corrected chi connectivity index (χ3v) is 6.10. The summed E-state index contributed by atoms with van der Waals surface area (Å²) >= 11 is 1.90. The number of aromatic nitrogens is 2. The first-order valence-electron chi connectivity index (χ1n) is 9.24. The first kappa shape index (κ1) is 16.7. The zero-order valence-electron chi connectivity index (χ0n) is 14.8. The van der Waals surface area contributed by atoms with E-state index in [0.717, 1.165) is 19.0 Å². The van der Waals surface area contributed by atoms with Gasteiger partial charge in [0, 0.05) is 18.0 Å². The normalized spacial score (nSPS) is 17.4. The molecular weight excluding hydrogens is 302 g/mol. The van der Waals surface area contributed by atoms with Gasteiger partial charge in [-0.25, -0.2) is 9.97 Å². The first-order valence-corrected chi connectivity index (χ1v) is 10.1. The summed E-state index contributed by atoms with van der Waals surface area (Å²) in [6.45, 7) is 9.13. The Bertz CT molecular complexity index is 641. The molecule has 0 saturated carbocycles. The van der Waals surface area contributed by atoms with Gasteiger partial charge in [-0.15, -0.1) is 11.3 Å². The second kappa shape index (κ2) is 7.61. The fourth-order valence-corrected chi connectivity index (χ4v) is 4.86. The number of hydrogen-bond acceptors (Lipinski definition) is 4. The molecule has 0 aromatic carbocycles. The van der Waals surface area contributed by atoms with Gasteiger partial charge in [0.25, 0.3) is 0 Å². The highest BCUT2D eigenvalue weighted by Crippen LogP contribution is 2.40. The molecule has 0 saturated heterocycles. The van der Waals surface area contributed by atoms with Crippen molar-refractivity contribution in [2.75, 3.05) is 18.0 Å². The molecular formula is C19H29N3S. The summed E-state index contributed by atoms with van der Waals surface area (Å²) in [7, 11) is 0. The minimum atomic E-state index is 0.809. The van der Waals surface area contributed by atoms with E-state index in [4.69, 9.17) is 4.98 Å². The number of fused-ring (bicyclic) bond motifs is 3. The molecule has 23 heavy (non-hydrogen) atoms. The van der Waals surface area contributed by atoms with Crippen LogP contribution in [0, 0.1) is 5.92 Å². The van der Waals surface area contributed by atoms with Crippen LogP contribution in [0.5, 0.6) is 0 Å². The molecule has 0 unspecified atom stereocenters. The summed E-state index contributed by atoms with van der Waals surface area (Å²) in [5.41, 5.74) is 1.55. The Hall–Kier alpha value is -1.16. The van der Waals surface area contributed by atoms with Gasteiger partial charge in [-0.2, -0.15) is 0 Å². The van der Waals surface area contributed by atoms with Crippen LogP contribution in [0.2, 0.25) is 0 Å². The minimum absolute atomic E-state index is 0.809. The van der Waals surface area contributed by atoms with Crippen molar-refractivity contribution in [3.8, 4) is 0 Å². The average molecular weight is 332 g/mol. The molecule has 0 amide bonds. The van der Waals surface area contributed by atoms with Crippen LogP contribution in [0.25, 0.3) is 10.2 Å². The minimum Gasteiger partial charge on any atom is -0.356 e. The molecule has 2 aromatic heterocycles. The summed E-state index contributed by atoms with van der Waals surface area (Å²) in [6.07, 6.45) is 10.4. The molecule has 0 aliphatic heterocycles. The number of nitrogens with zero attached hydrogens (tertiary/aromatic N) is 3. The molecule has 4 heteroatoms. The van der Waals surface area contributed by atoms with Crippen LogP contribution in [-0.2, 0) is 12.8 Å². The fourth-order valence-electron chi connectivity index (χ4n) is 3.52. The predicted octanol–water partition coefficient (Wildman–Crippen LogP) is 5.22. The second-order valence-electron chi connectivity index (χ2n) is 6.92. The monoisotopic (exact) mass is 331 g/mol. The van der Waals surface area contributed by atoms with Gasteiger partial charge in [0.1, 0.15) is 17.0 Å². The highest BCUT2D eigenvalue weighted by molar-refractivity contribution is 7.19. The van der Waals surface area contributed by atoms with Crippen molar-refractivity contribution >= 4 is 27.4 Å². The molecule has 1 aliphatic carbocycles. The van der Waals surface area contributed by atoms with Gasteiger partial charge >= 0.3 is 0 Å². The number of hydrogen-bond donors (Lipinski definition) is 0. The fraction of sp³-hybridized carbons (Fsp3) is 0.684. The summed E-state index contributed by atoms with van der Waals surface area (Å²) in [6, 6.07) is 0. The molecule has 0 spiro atoms. The standard InChI is InChI=1S/C19H29N3S/c1-4-6-10-22(11-7-5-2)18-17-15-9-8-14(3)12-16(15)23-19(17)21-13-20-18/h13-14H,4-12H2,1-3H3/t14-/m0/s1. The van der Waals surface area contributed by atoms with E-state index in [1.807, 2.05) is 11.3 Å². The van der Waals surface area contributed by atoms with E-state index in [0.29, 0.717) is 0 Å². The molecule has 0 radical (unpaired) electrons. The number of anilines is 1. The molecule has 0 fully saturated rings. The Morgan fingerprint density at radius 3 is 2.61 bits per heavy atom. The van der Waals surface area contributed by atoms with E-state index in [-0.39, 0.29) is 0 Å². The molecule has 1 aliphatic rings. The second-order valence-corrected chi connectivity index (χ2v) is 8.01. The molecule has 0 bridgehead atoms. The first-order chi connectivity index (χ1) is 11.2. The van der Waals surface area contributed by atoms with Crippen molar-refractivity contribution in [2.24, 2.45) is 5.92 Å². The van der Waals surface area contributed by atoms with E-state index >= 15 is 0 Å². The van der Waals surface area contributed by atoms with Crippen LogP contribution in [-0.4, -0.2) is 23.1 Å². The SMILES string of the molecule is CCCCN(CCCC)c1ncnc2sc3c(c12)CC[C@H](C)C3. The summed E-state index contributed by atoms with van der Waals surface area (Å²) in [4.78, 5) is 14.6. The van der Waals surface area contributed by atoms with Crippen LogP contribution in [0.15, 0.2) is 6.33 Å². The van der Waals surface area contributed by atoms with Crippen molar-refractivity contribution in [1.82, 2.24) is 9.97 Å². The Morgan fingerprint density at radius 1 is 1.17 bits per heavy atom. The molecule has 1 atom stereocenters. The van der Waals surface area contributed by atoms with Gasteiger partial charge in [0.2, 0.25) is 0 Å². The van der Waals surface area contributed by atoms with Gasteiger partial charge in [-0.3, -0.25) is 0 Å². The van der Waals surface area contributed by atoms with Gasteiger partial charge in [-0.1, -0.05) is 33.6 Å². The number of rotatable bonds is 7. The van der Waals surface area contributed by atoms with Crippen molar-refractivity contribution in [3.05, 3.63) is 16.8 Å². The summed E-state index contributed by atoms with van der Waals surface area (Å²) < 4.78 is 0. The maximum atomic E-state index is 4.73. The van der Waals surface area contributed by atoms with Crippen LogP contribution in [0.3, 0.4) is 0 Å². The Morgan fingerprint density at radius 2 is 1.91 bits per heavy atom. The Kier molecular flexibility index (Phi) is 5.52. The highest BCUT2D eigenvalue weighted by atomic mass is 32.1. The topological polar surface area (TPSA) is 29.0 Å². The molecule has 3 nitrogen and oxygen atoms in total. The van der Waals surface area contributed by atoms with E-state index in [9.17, 15) is 0 Å². The zero-order valence-corrected chi connectivity index (χ0v) is 15.6. The number of unbranched alkanes of at least 4 members (excludes halogenated alkanes) is 2. The lowest BCUT2D eigenvalue weighted by molar-refractivity contribution is 0.509.